The van der Waals surface area contributed by atoms with E-state index in [1.807, 2.05) is 32.5 Å². The maximum absolute atomic E-state index is 12.5. The van der Waals surface area contributed by atoms with Gasteiger partial charge in [0.2, 0.25) is 11.8 Å². The minimum Gasteiger partial charge on any atom is -0.342 e. The lowest BCUT2D eigenvalue weighted by atomic mass is 9.85. The Balaban J connectivity index is 1.92. The minimum atomic E-state index is -0.402. The van der Waals surface area contributed by atoms with E-state index >= 15 is 0 Å². The third-order valence-corrected chi connectivity index (χ3v) is 4.80. The van der Waals surface area contributed by atoms with E-state index in [2.05, 4.69) is 10.2 Å². The van der Waals surface area contributed by atoms with Gasteiger partial charge in [0.1, 0.15) is 6.04 Å². The number of nitrogens with zero attached hydrogens (tertiary/aromatic N) is 2. The first-order chi connectivity index (χ1) is 9.38. The molecule has 0 saturated carbocycles. The zero-order chi connectivity index (χ0) is 14.8. The van der Waals surface area contributed by atoms with Crippen molar-refractivity contribution < 1.29 is 9.59 Å². The number of thioether (sulfide) groups is 1. The molecule has 2 amide bonds. The predicted molar refractivity (Wildman–Crippen MR) is 81.7 cm³/mol. The molecule has 2 heterocycles. The zero-order valence-corrected chi connectivity index (χ0v) is 13.5. The summed E-state index contributed by atoms with van der Waals surface area (Å²) >= 11 is 1.98. The van der Waals surface area contributed by atoms with Gasteiger partial charge < -0.3 is 10.2 Å². The maximum atomic E-state index is 12.5. The highest BCUT2D eigenvalue weighted by molar-refractivity contribution is 7.99. The van der Waals surface area contributed by atoms with Crippen LogP contribution < -0.4 is 5.32 Å². The number of amides is 2. The Bertz CT molecular complexity index is 375. The number of hydrogen-bond donors (Lipinski definition) is 1. The second-order valence-electron chi connectivity index (χ2n) is 6.58. The van der Waals surface area contributed by atoms with E-state index in [1.165, 1.54) is 11.5 Å². The first-order valence-corrected chi connectivity index (χ1v) is 8.41. The summed E-state index contributed by atoms with van der Waals surface area (Å²) in [4.78, 5) is 28.4. The molecule has 6 heteroatoms. The van der Waals surface area contributed by atoms with E-state index in [4.69, 9.17) is 0 Å². The largest absolute Gasteiger partial charge is 0.342 e. The van der Waals surface area contributed by atoms with Crippen molar-refractivity contribution in [1.29, 1.82) is 0 Å². The van der Waals surface area contributed by atoms with Crippen LogP contribution in [0.3, 0.4) is 0 Å². The summed E-state index contributed by atoms with van der Waals surface area (Å²) in [5.41, 5.74) is -0.243. The Labute approximate surface area is 125 Å². The maximum Gasteiger partial charge on any atom is 0.246 e. The van der Waals surface area contributed by atoms with E-state index in [9.17, 15) is 9.59 Å². The Morgan fingerprint density at radius 2 is 1.85 bits per heavy atom. The lowest BCUT2D eigenvalue weighted by Gasteiger charge is -2.39. The quantitative estimate of drug-likeness (QED) is 0.820. The molecule has 1 atom stereocenters. The molecule has 0 spiro atoms. The lowest BCUT2D eigenvalue weighted by molar-refractivity contribution is -0.147. The zero-order valence-electron chi connectivity index (χ0n) is 12.6. The molecule has 2 fully saturated rings. The number of nitrogens with one attached hydrogen (secondary N) is 1. The van der Waals surface area contributed by atoms with Crippen LogP contribution in [-0.4, -0.2) is 71.9 Å². The van der Waals surface area contributed by atoms with Crippen LogP contribution in [0, 0.1) is 5.41 Å². The van der Waals surface area contributed by atoms with Gasteiger partial charge >= 0.3 is 0 Å². The monoisotopic (exact) mass is 299 g/mol. The second kappa shape index (κ2) is 6.35. The highest BCUT2D eigenvalue weighted by Gasteiger charge is 2.39. The highest BCUT2D eigenvalue weighted by Crippen LogP contribution is 2.23. The van der Waals surface area contributed by atoms with Gasteiger partial charge in [-0.15, -0.1) is 0 Å². The summed E-state index contributed by atoms with van der Waals surface area (Å²) in [7, 11) is 0. The highest BCUT2D eigenvalue weighted by atomic mass is 32.2. The molecule has 1 unspecified atom stereocenters. The molecule has 2 saturated heterocycles. The topological polar surface area (TPSA) is 52.7 Å². The van der Waals surface area contributed by atoms with Gasteiger partial charge in [0.15, 0.2) is 0 Å². The van der Waals surface area contributed by atoms with Crippen molar-refractivity contribution in [2.75, 3.05) is 44.2 Å². The van der Waals surface area contributed by atoms with Crippen LogP contribution >= 0.6 is 11.8 Å². The molecule has 2 rings (SSSR count). The third kappa shape index (κ3) is 3.88. The molecule has 0 aliphatic carbocycles. The molecule has 1 N–H and O–H groups in total. The van der Waals surface area contributed by atoms with E-state index in [0.717, 1.165) is 19.6 Å². The van der Waals surface area contributed by atoms with Crippen LogP contribution in [0.5, 0.6) is 0 Å². The van der Waals surface area contributed by atoms with Crippen molar-refractivity contribution in [2.45, 2.75) is 26.8 Å². The molecule has 20 heavy (non-hydrogen) atoms. The average Bonchev–Trinajstić information content (AvgIpc) is 2.39. The molecule has 0 bridgehead atoms. The van der Waals surface area contributed by atoms with E-state index < -0.39 is 6.04 Å². The van der Waals surface area contributed by atoms with Crippen molar-refractivity contribution in [3.05, 3.63) is 0 Å². The van der Waals surface area contributed by atoms with Gasteiger partial charge in [0.05, 0.1) is 6.54 Å². The summed E-state index contributed by atoms with van der Waals surface area (Å²) in [6.45, 7) is 9.86. The van der Waals surface area contributed by atoms with Crippen LogP contribution in [0.4, 0.5) is 0 Å². The van der Waals surface area contributed by atoms with Gasteiger partial charge in [-0.25, -0.2) is 0 Å². The van der Waals surface area contributed by atoms with Crippen molar-refractivity contribution in [1.82, 2.24) is 15.1 Å². The number of piperazine rings is 1. The molecule has 5 nitrogen and oxygen atoms in total. The smallest absolute Gasteiger partial charge is 0.246 e. The normalized spacial score (nSPS) is 25.8. The van der Waals surface area contributed by atoms with Crippen LogP contribution in [0.2, 0.25) is 0 Å². The fourth-order valence-electron chi connectivity index (χ4n) is 2.57. The Kier molecular flexibility index (Phi) is 4.96. The molecule has 114 valence electrons. The number of carbonyl (C=O) groups excluding carboxylic acids is 2. The van der Waals surface area contributed by atoms with E-state index in [-0.39, 0.29) is 23.8 Å². The SMILES string of the molecule is CC(C)(C)C1NC(=O)CN(CCN2CCSCC2)C1=O. The Morgan fingerprint density at radius 3 is 2.45 bits per heavy atom. The van der Waals surface area contributed by atoms with E-state index in [1.54, 1.807) is 4.90 Å². The Hall–Kier alpha value is -0.750. The molecule has 0 aromatic rings. The van der Waals surface area contributed by atoms with Crippen LogP contribution in [0.25, 0.3) is 0 Å². The van der Waals surface area contributed by atoms with Crippen LogP contribution in [-0.2, 0) is 9.59 Å². The first kappa shape index (κ1) is 15.6. The number of carbonyl (C=O) groups is 2. The molecular formula is C14H25N3O2S. The van der Waals surface area contributed by atoms with Crippen molar-refractivity contribution >= 4 is 23.6 Å². The van der Waals surface area contributed by atoms with Crippen LogP contribution in [0.15, 0.2) is 0 Å². The fraction of sp³-hybridized carbons (Fsp3) is 0.857. The standard InChI is InChI=1S/C14H25N3O2S/c1-14(2,3)12-13(19)17(10-11(18)15-12)5-4-16-6-8-20-9-7-16/h12H,4-10H2,1-3H3,(H,15,18). The summed E-state index contributed by atoms with van der Waals surface area (Å²) < 4.78 is 0. The van der Waals surface area contributed by atoms with Gasteiger partial charge in [0.25, 0.3) is 0 Å². The first-order valence-electron chi connectivity index (χ1n) is 7.26. The van der Waals surface area contributed by atoms with Gasteiger partial charge in [-0.1, -0.05) is 20.8 Å². The second-order valence-corrected chi connectivity index (χ2v) is 7.81. The van der Waals surface area contributed by atoms with Crippen molar-refractivity contribution in [2.24, 2.45) is 5.41 Å². The molecular weight excluding hydrogens is 274 g/mol. The van der Waals surface area contributed by atoms with Gasteiger partial charge in [-0.2, -0.15) is 11.8 Å². The molecule has 0 radical (unpaired) electrons. The number of rotatable bonds is 3. The van der Waals surface area contributed by atoms with Crippen LogP contribution in [0.1, 0.15) is 20.8 Å². The summed E-state index contributed by atoms with van der Waals surface area (Å²) in [6.07, 6.45) is 0. The summed E-state index contributed by atoms with van der Waals surface area (Å²) in [6, 6.07) is -0.402. The van der Waals surface area contributed by atoms with Gasteiger partial charge in [0, 0.05) is 37.7 Å². The number of hydrogen-bond acceptors (Lipinski definition) is 4. The van der Waals surface area contributed by atoms with Gasteiger partial charge in [-0.3, -0.25) is 14.5 Å². The molecule has 0 aromatic carbocycles. The third-order valence-electron chi connectivity index (χ3n) is 3.85. The average molecular weight is 299 g/mol. The summed E-state index contributed by atoms with van der Waals surface area (Å²) in [5, 5.41) is 2.83. The Morgan fingerprint density at radius 1 is 1.20 bits per heavy atom. The predicted octanol–water partition coefficient (Wildman–Crippen LogP) is 0.408. The fourth-order valence-corrected chi connectivity index (χ4v) is 3.54. The minimum absolute atomic E-state index is 0.0428. The van der Waals surface area contributed by atoms with E-state index in [0.29, 0.717) is 6.54 Å². The lowest BCUT2D eigenvalue weighted by Crippen LogP contribution is -2.63. The molecule has 2 aliphatic heterocycles. The van der Waals surface area contributed by atoms with Crippen molar-refractivity contribution in [3.8, 4) is 0 Å². The van der Waals surface area contributed by atoms with Crippen molar-refractivity contribution in [3.63, 3.8) is 0 Å². The molecule has 2 aliphatic rings. The van der Waals surface area contributed by atoms with Gasteiger partial charge in [-0.05, 0) is 5.41 Å². The summed E-state index contributed by atoms with van der Waals surface area (Å²) in [5.74, 6) is 2.35. The molecule has 0 aromatic heterocycles.